The lowest BCUT2D eigenvalue weighted by Gasteiger charge is -2.21. The van der Waals surface area contributed by atoms with Crippen molar-refractivity contribution in [2.24, 2.45) is 0 Å². The number of anilines is 3. The van der Waals surface area contributed by atoms with Gasteiger partial charge in [0.05, 0.1) is 18.4 Å². The summed E-state index contributed by atoms with van der Waals surface area (Å²) in [5.41, 5.74) is 2.19. The molecule has 1 aliphatic rings. The van der Waals surface area contributed by atoms with E-state index in [-0.39, 0.29) is 27.9 Å². The summed E-state index contributed by atoms with van der Waals surface area (Å²) in [6.07, 6.45) is 0. The summed E-state index contributed by atoms with van der Waals surface area (Å²) in [7, 11) is 1.26. The van der Waals surface area contributed by atoms with Crippen molar-refractivity contribution in [3.63, 3.8) is 0 Å². The van der Waals surface area contributed by atoms with E-state index in [1.807, 2.05) is 37.3 Å². The first kappa shape index (κ1) is 24.7. The Morgan fingerprint density at radius 1 is 0.889 bits per heavy atom. The lowest BCUT2D eigenvalue weighted by atomic mass is 10.1. The molecule has 3 amide bonds. The number of nitrogens with zero attached hydrogens (tertiary/aromatic N) is 2. The molecule has 0 radical (unpaired) electrons. The van der Waals surface area contributed by atoms with E-state index in [0.717, 1.165) is 10.6 Å². The van der Waals surface area contributed by atoms with Gasteiger partial charge >= 0.3 is 5.97 Å². The average molecular weight is 504 g/mol. The fourth-order valence-electron chi connectivity index (χ4n) is 3.76. The third-order valence-corrected chi connectivity index (χ3v) is 5.95. The molecule has 3 aromatic carbocycles. The monoisotopic (exact) mass is 503 g/mol. The number of rotatable bonds is 7. The number of hydrogen-bond acceptors (Lipinski definition) is 6. The molecule has 0 saturated heterocycles. The lowest BCUT2D eigenvalue weighted by molar-refractivity contribution is -0.120. The zero-order valence-electron chi connectivity index (χ0n) is 19.5. The van der Waals surface area contributed by atoms with Crippen molar-refractivity contribution in [2.45, 2.75) is 6.92 Å². The Morgan fingerprint density at radius 2 is 1.50 bits per heavy atom. The van der Waals surface area contributed by atoms with Gasteiger partial charge in [0, 0.05) is 23.5 Å². The average Bonchev–Trinajstić information content (AvgIpc) is 3.12. The lowest BCUT2D eigenvalue weighted by Crippen LogP contribution is -2.32. The van der Waals surface area contributed by atoms with Crippen molar-refractivity contribution in [2.75, 3.05) is 28.8 Å². The second-order valence-corrected chi connectivity index (χ2v) is 8.14. The maximum absolute atomic E-state index is 13.0. The number of carbonyl (C=O) groups is 4. The molecule has 182 valence electrons. The van der Waals surface area contributed by atoms with E-state index in [1.165, 1.54) is 31.4 Å². The van der Waals surface area contributed by atoms with Crippen LogP contribution < -0.4 is 15.1 Å². The number of imide groups is 1. The number of ether oxygens (including phenoxy) is 1. The van der Waals surface area contributed by atoms with Crippen LogP contribution in [0.4, 0.5) is 17.1 Å². The number of hydrogen-bond donors (Lipinski definition) is 1. The number of esters is 1. The normalized spacial score (nSPS) is 13.1. The predicted molar refractivity (Wildman–Crippen MR) is 137 cm³/mol. The Kier molecular flexibility index (Phi) is 7.17. The highest BCUT2D eigenvalue weighted by Gasteiger charge is 2.39. The first-order valence-electron chi connectivity index (χ1n) is 11.1. The molecule has 3 aromatic rings. The van der Waals surface area contributed by atoms with E-state index in [9.17, 15) is 19.2 Å². The van der Waals surface area contributed by atoms with Gasteiger partial charge in [-0.15, -0.1) is 0 Å². The second kappa shape index (κ2) is 10.5. The first-order chi connectivity index (χ1) is 17.3. The number of carbonyl (C=O) groups excluding carboxylic acids is 4. The molecule has 1 aliphatic heterocycles. The van der Waals surface area contributed by atoms with Crippen LogP contribution in [0.2, 0.25) is 0 Å². The summed E-state index contributed by atoms with van der Waals surface area (Å²) in [5, 5.41) is 2.62. The van der Waals surface area contributed by atoms with E-state index in [0.29, 0.717) is 17.8 Å². The number of para-hydroxylation sites is 1. The highest BCUT2D eigenvalue weighted by Crippen LogP contribution is 2.30. The zero-order valence-corrected chi connectivity index (χ0v) is 20.3. The summed E-state index contributed by atoms with van der Waals surface area (Å²) in [6.45, 7) is 2.39. The minimum absolute atomic E-state index is 0.0859. The predicted octanol–water partition coefficient (Wildman–Crippen LogP) is 4.58. The standard InChI is InChI=1S/C27H22ClN3O5/c1-3-30(20-7-5-4-6-8-20)24(32)17-9-13-19(14-10-17)29-23-22(28)25(33)31(26(23)34)21-15-11-18(12-16-21)27(35)36-2/h4-16,29H,3H2,1-2H3. The smallest absolute Gasteiger partial charge is 0.337 e. The van der Waals surface area contributed by atoms with Gasteiger partial charge in [-0.05, 0) is 67.6 Å². The van der Waals surface area contributed by atoms with Crippen molar-refractivity contribution in [3.05, 3.63) is 101 Å². The van der Waals surface area contributed by atoms with Gasteiger partial charge in [-0.1, -0.05) is 29.8 Å². The fourth-order valence-corrected chi connectivity index (χ4v) is 3.97. The number of benzene rings is 3. The summed E-state index contributed by atoms with van der Waals surface area (Å²) in [6, 6.07) is 21.7. The van der Waals surface area contributed by atoms with E-state index in [2.05, 4.69) is 10.1 Å². The van der Waals surface area contributed by atoms with Gasteiger partial charge in [-0.25, -0.2) is 9.69 Å². The van der Waals surface area contributed by atoms with Gasteiger partial charge in [0.15, 0.2) is 0 Å². The van der Waals surface area contributed by atoms with E-state index in [1.54, 1.807) is 29.2 Å². The Morgan fingerprint density at radius 3 is 2.08 bits per heavy atom. The van der Waals surface area contributed by atoms with E-state index in [4.69, 9.17) is 11.6 Å². The molecular formula is C27H22ClN3O5. The summed E-state index contributed by atoms with van der Waals surface area (Å²) in [4.78, 5) is 52.9. The van der Waals surface area contributed by atoms with Crippen molar-refractivity contribution in [3.8, 4) is 0 Å². The van der Waals surface area contributed by atoms with Gasteiger partial charge in [0.2, 0.25) is 0 Å². The highest BCUT2D eigenvalue weighted by atomic mass is 35.5. The van der Waals surface area contributed by atoms with Crippen molar-refractivity contribution in [1.29, 1.82) is 0 Å². The van der Waals surface area contributed by atoms with Gasteiger partial charge in [0.1, 0.15) is 10.7 Å². The van der Waals surface area contributed by atoms with Crippen LogP contribution in [0.3, 0.4) is 0 Å². The molecule has 0 bridgehead atoms. The molecule has 4 rings (SSSR count). The Balaban J connectivity index is 1.50. The molecule has 0 aliphatic carbocycles. The topological polar surface area (TPSA) is 96.0 Å². The first-order valence-corrected chi connectivity index (χ1v) is 11.4. The van der Waals surface area contributed by atoms with E-state index >= 15 is 0 Å². The van der Waals surface area contributed by atoms with Crippen LogP contribution in [-0.2, 0) is 14.3 Å². The van der Waals surface area contributed by atoms with Crippen molar-refractivity contribution < 1.29 is 23.9 Å². The second-order valence-electron chi connectivity index (χ2n) is 7.76. The Labute approximate surface area is 212 Å². The third kappa shape index (κ3) is 4.71. The molecule has 0 atom stereocenters. The van der Waals surface area contributed by atoms with Gasteiger partial charge in [-0.2, -0.15) is 0 Å². The van der Waals surface area contributed by atoms with Gasteiger partial charge in [-0.3, -0.25) is 14.4 Å². The van der Waals surface area contributed by atoms with Crippen LogP contribution in [0.25, 0.3) is 0 Å². The zero-order chi connectivity index (χ0) is 25.8. The van der Waals surface area contributed by atoms with Crippen molar-refractivity contribution >= 4 is 52.4 Å². The Bertz CT molecular complexity index is 1350. The Hall–Kier alpha value is -4.43. The van der Waals surface area contributed by atoms with Crippen LogP contribution in [0, 0.1) is 0 Å². The molecule has 0 unspecified atom stereocenters. The summed E-state index contributed by atoms with van der Waals surface area (Å²) in [5.74, 6) is -2.03. The van der Waals surface area contributed by atoms with Gasteiger partial charge < -0.3 is 15.0 Å². The van der Waals surface area contributed by atoms with Gasteiger partial charge in [0.25, 0.3) is 17.7 Å². The van der Waals surface area contributed by atoms with Crippen LogP contribution in [0.5, 0.6) is 0 Å². The molecule has 1 heterocycles. The van der Waals surface area contributed by atoms with Crippen LogP contribution >= 0.6 is 11.6 Å². The third-order valence-electron chi connectivity index (χ3n) is 5.60. The number of nitrogens with one attached hydrogen (secondary N) is 1. The maximum Gasteiger partial charge on any atom is 0.337 e. The van der Waals surface area contributed by atoms with Crippen LogP contribution in [0.15, 0.2) is 89.6 Å². The molecule has 9 heteroatoms. The molecule has 8 nitrogen and oxygen atoms in total. The maximum atomic E-state index is 13.0. The largest absolute Gasteiger partial charge is 0.465 e. The summed E-state index contributed by atoms with van der Waals surface area (Å²) < 4.78 is 4.66. The molecule has 0 fully saturated rings. The highest BCUT2D eigenvalue weighted by molar-refractivity contribution is 6.53. The van der Waals surface area contributed by atoms with E-state index < -0.39 is 17.8 Å². The minimum Gasteiger partial charge on any atom is -0.465 e. The number of methoxy groups -OCH3 is 1. The number of halogens is 1. The molecule has 0 saturated carbocycles. The summed E-state index contributed by atoms with van der Waals surface area (Å²) >= 11 is 6.20. The minimum atomic E-state index is -0.691. The van der Waals surface area contributed by atoms with Crippen LogP contribution in [0.1, 0.15) is 27.6 Å². The quantitative estimate of drug-likeness (QED) is 0.374. The molecular weight excluding hydrogens is 482 g/mol. The van der Waals surface area contributed by atoms with Crippen LogP contribution in [-0.4, -0.2) is 37.3 Å². The molecule has 36 heavy (non-hydrogen) atoms. The fraction of sp³-hybridized carbons (Fsp3) is 0.111. The molecule has 0 spiro atoms. The number of amides is 3. The van der Waals surface area contributed by atoms with Crippen molar-refractivity contribution in [1.82, 2.24) is 0 Å². The molecule has 0 aromatic heterocycles. The molecule has 1 N–H and O–H groups in total. The SMILES string of the molecule is CCN(C(=O)c1ccc(NC2=C(Cl)C(=O)N(c3ccc(C(=O)OC)cc3)C2=O)cc1)c1ccccc1.